The van der Waals surface area contributed by atoms with E-state index < -0.39 is 0 Å². The number of aromatic nitrogens is 1. The Kier molecular flexibility index (Phi) is 4.49. The zero-order valence-electron chi connectivity index (χ0n) is 10.6. The van der Waals surface area contributed by atoms with Gasteiger partial charge in [0.2, 0.25) is 5.91 Å². The number of carbonyl (C=O) groups excluding carboxylic acids is 2. The lowest BCUT2D eigenvalue weighted by atomic mass is 9.85. The van der Waals surface area contributed by atoms with Gasteiger partial charge in [-0.3, -0.25) is 9.59 Å². The fourth-order valence-electron chi connectivity index (χ4n) is 2.29. The third kappa shape index (κ3) is 3.51. The number of nitrogens with two attached hydrogens (primary N) is 2. The van der Waals surface area contributed by atoms with Crippen molar-refractivity contribution in [2.24, 2.45) is 17.4 Å². The van der Waals surface area contributed by atoms with Crippen LogP contribution in [-0.2, 0) is 11.3 Å². The van der Waals surface area contributed by atoms with Gasteiger partial charge in [0.15, 0.2) is 0 Å². The number of rotatable bonds is 4. The third-order valence-electron chi connectivity index (χ3n) is 3.42. The number of nitrogens with zero attached hydrogens (tertiary/aromatic N) is 1. The molecule has 0 aromatic carbocycles. The smallest absolute Gasteiger partial charge is 0.270 e. The molecule has 1 aliphatic carbocycles. The van der Waals surface area contributed by atoms with Crippen LogP contribution in [0.25, 0.3) is 0 Å². The van der Waals surface area contributed by atoms with Crippen molar-refractivity contribution < 1.29 is 9.59 Å². The Hall–Kier alpha value is -1.47. The number of hydrogen-bond donors (Lipinski definition) is 3. The molecule has 0 aliphatic heterocycles. The molecule has 0 spiro atoms. The third-order valence-corrected chi connectivity index (χ3v) is 4.29. The van der Waals surface area contributed by atoms with Gasteiger partial charge in [0.25, 0.3) is 5.91 Å². The van der Waals surface area contributed by atoms with Crippen LogP contribution in [0.2, 0.25) is 0 Å². The second-order valence-electron chi connectivity index (χ2n) is 4.75. The van der Waals surface area contributed by atoms with Gasteiger partial charge >= 0.3 is 0 Å². The van der Waals surface area contributed by atoms with Gasteiger partial charge in [0.1, 0.15) is 10.7 Å². The van der Waals surface area contributed by atoms with E-state index in [1.165, 1.54) is 11.3 Å². The molecule has 1 heterocycles. The molecule has 5 N–H and O–H groups in total. The van der Waals surface area contributed by atoms with Crippen molar-refractivity contribution in [3.8, 4) is 0 Å². The van der Waals surface area contributed by atoms with Crippen molar-refractivity contribution in [1.29, 1.82) is 0 Å². The minimum absolute atomic E-state index is 0.0451. The maximum absolute atomic E-state index is 12.0. The van der Waals surface area contributed by atoms with E-state index in [1.54, 1.807) is 5.38 Å². The summed E-state index contributed by atoms with van der Waals surface area (Å²) < 4.78 is 0. The lowest BCUT2D eigenvalue weighted by Crippen LogP contribution is -2.39. The SMILES string of the molecule is NCc1nc(C(=O)NC2CCC(C(N)=O)CC2)cs1. The van der Waals surface area contributed by atoms with Crippen molar-refractivity contribution in [3.63, 3.8) is 0 Å². The first-order valence-electron chi connectivity index (χ1n) is 6.34. The summed E-state index contributed by atoms with van der Waals surface area (Å²) in [6.45, 7) is 0.349. The highest BCUT2D eigenvalue weighted by Gasteiger charge is 2.26. The minimum Gasteiger partial charge on any atom is -0.369 e. The summed E-state index contributed by atoms with van der Waals surface area (Å²) in [5.74, 6) is -0.452. The summed E-state index contributed by atoms with van der Waals surface area (Å²) in [6.07, 6.45) is 3.05. The summed E-state index contributed by atoms with van der Waals surface area (Å²) in [7, 11) is 0. The molecule has 6 nitrogen and oxygen atoms in total. The molecule has 0 radical (unpaired) electrons. The van der Waals surface area contributed by atoms with Crippen LogP contribution in [0.1, 0.15) is 41.2 Å². The predicted octanol–water partition coefficient (Wildman–Crippen LogP) is 0.376. The molecule has 19 heavy (non-hydrogen) atoms. The normalized spacial score (nSPS) is 23.0. The lowest BCUT2D eigenvalue weighted by Gasteiger charge is -2.27. The Morgan fingerprint density at radius 1 is 1.37 bits per heavy atom. The number of hydrogen-bond acceptors (Lipinski definition) is 5. The van der Waals surface area contributed by atoms with Gasteiger partial charge in [-0.15, -0.1) is 11.3 Å². The molecule has 1 fully saturated rings. The quantitative estimate of drug-likeness (QED) is 0.741. The largest absolute Gasteiger partial charge is 0.369 e. The molecule has 7 heteroatoms. The molecular formula is C12H18N4O2S. The van der Waals surface area contributed by atoms with Crippen molar-refractivity contribution in [1.82, 2.24) is 10.3 Å². The minimum atomic E-state index is -0.239. The maximum atomic E-state index is 12.0. The summed E-state index contributed by atoms with van der Waals surface area (Å²) in [5.41, 5.74) is 11.2. The predicted molar refractivity (Wildman–Crippen MR) is 72.4 cm³/mol. The number of nitrogens with one attached hydrogen (secondary N) is 1. The van der Waals surface area contributed by atoms with Crippen LogP contribution in [0, 0.1) is 5.92 Å². The molecule has 0 saturated heterocycles. The van der Waals surface area contributed by atoms with Crippen LogP contribution >= 0.6 is 11.3 Å². The first-order valence-corrected chi connectivity index (χ1v) is 7.22. The fourth-order valence-corrected chi connectivity index (χ4v) is 2.95. The van der Waals surface area contributed by atoms with E-state index in [1.807, 2.05) is 0 Å². The van der Waals surface area contributed by atoms with E-state index in [0.29, 0.717) is 12.2 Å². The van der Waals surface area contributed by atoms with E-state index in [0.717, 1.165) is 30.7 Å². The van der Waals surface area contributed by atoms with E-state index in [2.05, 4.69) is 10.3 Å². The molecule has 0 unspecified atom stereocenters. The topological polar surface area (TPSA) is 111 Å². The Morgan fingerprint density at radius 3 is 2.58 bits per heavy atom. The molecular weight excluding hydrogens is 264 g/mol. The Bertz CT molecular complexity index is 466. The molecule has 0 atom stereocenters. The Morgan fingerprint density at radius 2 is 2.05 bits per heavy atom. The molecule has 1 aliphatic rings. The number of carbonyl (C=O) groups is 2. The zero-order valence-corrected chi connectivity index (χ0v) is 11.4. The van der Waals surface area contributed by atoms with E-state index in [9.17, 15) is 9.59 Å². The van der Waals surface area contributed by atoms with Gasteiger partial charge in [0.05, 0.1) is 0 Å². The highest BCUT2D eigenvalue weighted by Crippen LogP contribution is 2.24. The van der Waals surface area contributed by atoms with E-state index >= 15 is 0 Å². The van der Waals surface area contributed by atoms with Crippen molar-refractivity contribution in [3.05, 3.63) is 16.1 Å². The molecule has 1 aromatic heterocycles. The summed E-state index contributed by atoms with van der Waals surface area (Å²) in [5, 5.41) is 5.41. The summed E-state index contributed by atoms with van der Waals surface area (Å²) in [6, 6.07) is 0.103. The van der Waals surface area contributed by atoms with Gasteiger partial charge in [-0.1, -0.05) is 0 Å². The van der Waals surface area contributed by atoms with Crippen LogP contribution in [-0.4, -0.2) is 22.8 Å². The fraction of sp³-hybridized carbons (Fsp3) is 0.583. The average Bonchev–Trinajstić information content (AvgIpc) is 2.88. The van der Waals surface area contributed by atoms with Crippen LogP contribution in [0.4, 0.5) is 0 Å². The number of thiazole rings is 1. The highest BCUT2D eigenvalue weighted by molar-refractivity contribution is 7.09. The highest BCUT2D eigenvalue weighted by atomic mass is 32.1. The maximum Gasteiger partial charge on any atom is 0.270 e. The van der Waals surface area contributed by atoms with Crippen LogP contribution in [0.5, 0.6) is 0 Å². The molecule has 1 aromatic rings. The molecule has 2 rings (SSSR count). The van der Waals surface area contributed by atoms with Gasteiger partial charge in [0, 0.05) is 23.9 Å². The summed E-state index contributed by atoms with van der Waals surface area (Å²) in [4.78, 5) is 27.2. The van der Waals surface area contributed by atoms with Crippen LogP contribution < -0.4 is 16.8 Å². The van der Waals surface area contributed by atoms with E-state index in [4.69, 9.17) is 11.5 Å². The molecule has 2 amide bonds. The standard InChI is InChI=1S/C12H18N4O2S/c13-5-10-16-9(6-19-10)12(18)15-8-3-1-7(2-4-8)11(14)17/h6-8H,1-5,13H2,(H2,14,17)(H,15,18). The second kappa shape index (κ2) is 6.12. The zero-order chi connectivity index (χ0) is 13.8. The molecule has 0 bridgehead atoms. The van der Waals surface area contributed by atoms with Gasteiger partial charge in [-0.2, -0.15) is 0 Å². The summed E-state index contributed by atoms with van der Waals surface area (Å²) >= 11 is 1.39. The first kappa shape index (κ1) is 14.0. The average molecular weight is 282 g/mol. The van der Waals surface area contributed by atoms with Gasteiger partial charge < -0.3 is 16.8 Å². The number of amides is 2. The van der Waals surface area contributed by atoms with Gasteiger partial charge in [-0.25, -0.2) is 4.98 Å². The van der Waals surface area contributed by atoms with Crippen LogP contribution in [0.3, 0.4) is 0 Å². The number of primary amides is 1. The van der Waals surface area contributed by atoms with Crippen molar-refractivity contribution >= 4 is 23.2 Å². The molecule has 1 saturated carbocycles. The lowest BCUT2D eigenvalue weighted by molar-refractivity contribution is -0.122. The van der Waals surface area contributed by atoms with Crippen molar-refractivity contribution in [2.75, 3.05) is 0 Å². The van der Waals surface area contributed by atoms with Gasteiger partial charge in [-0.05, 0) is 25.7 Å². The Balaban J connectivity index is 1.85. The van der Waals surface area contributed by atoms with E-state index in [-0.39, 0.29) is 23.8 Å². The Labute approximate surface area is 115 Å². The second-order valence-corrected chi connectivity index (χ2v) is 5.70. The first-order chi connectivity index (χ1) is 9.10. The monoisotopic (exact) mass is 282 g/mol. The molecule has 104 valence electrons. The van der Waals surface area contributed by atoms with Crippen molar-refractivity contribution in [2.45, 2.75) is 38.3 Å². The van der Waals surface area contributed by atoms with Crippen LogP contribution in [0.15, 0.2) is 5.38 Å².